The molecule has 6 nitrogen and oxygen atoms in total. The quantitative estimate of drug-likeness (QED) is 0.789. The van der Waals surface area contributed by atoms with E-state index < -0.39 is 12.1 Å². The number of nitrogens with zero attached hydrogens (tertiary/aromatic N) is 4. The standard InChI is InChI=1S/C17H13ClN4O2/c1-10-5-7-12(8-6-10)22-15-14(19-20-22)16(23)21(17(15)24)13-4-2-3-11(18)9-13/h2-9,14-15H,1H3/t14-,15-/m1/s1. The van der Waals surface area contributed by atoms with Gasteiger partial charge in [0, 0.05) is 5.02 Å². The van der Waals surface area contributed by atoms with Crippen LogP contribution in [0, 0.1) is 6.92 Å². The first-order valence-corrected chi connectivity index (χ1v) is 7.84. The number of benzene rings is 2. The van der Waals surface area contributed by atoms with Crippen molar-refractivity contribution in [3.05, 3.63) is 59.1 Å². The monoisotopic (exact) mass is 340 g/mol. The molecule has 0 saturated carbocycles. The van der Waals surface area contributed by atoms with Gasteiger partial charge in [-0.2, -0.15) is 5.11 Å². The number of amides is 2. The zero-order valence-corrected chi connectivity index (χ0v) is 13.5. The lowest BCUT2D eigenvalue weighted by molar-refractivity contribution is -0.121. The van der Waals surface area contributed by atoms with E-state index in [1.165, 1.54) is 5.01 Å². The molecule has 0 N–H and O–H groups in total. The highest BCUT2D eigenvalue weighted by Gasteiger charge is 2.55. The van der Waals surface area contributed by atoms with Crippen LogP contribution in [0.5, 0.6) is 0 Å². The molecule has 120 valence electrons. The third kappa shape index (κ3) is 2.18. The van der Waals surface area contributed by atoms with E-state index >= 15 is 0 Å². The first-order chi connectivity index (χ1) is 11.6. The van der Waals surface area contributed by atoms with E-state index in [4.69, 9.17) is 11.6 Å². The summed E-state index contributed by atoms with van der Waals surface area (Å²) in [4.78, 5) is 26.6. The maximum absolute atomic E-state index is 12.9. The highest BCUT2D eigenvalue weighted by molar-refractivity contribution is 6.31. The van der Waals surface area contributed by atoms with Crippen molar-refractivity contribution in [1.29, 1.82) is 0 Å². The Morgan fingerprint density at radius 1 is 1.00 bits per heavy atom. The molecule has 2 aliphatic heterocycles. The zero-order chi connectivity index (χ0) is 16.8. The SMILES string of the molecule is Cc1ccc(N2N=N[C@H]3C(=O)N(c4cccc(Cl)c4)C(=O)[C@@H]32)cc1. The molecule has 2 aromatic rings. The summed E-state index contributed by atoms with van der Waals surface area (Å²) in [6.45, 7) is 1.98. The van der Waals surface area contributed by atoms with Crippen molar-refractivity contribution < 1.29 is 9.59 Å². The Balaban J connectivity index is 1.70. The largest absolute Gasteiger partial charge is 0.271 e. The Morgan fingerprint density at radius 3 is 2.46 bits per heavy atom. The minimum absolute atomic E-state index is 0.349. The lowest BCUT2D eigenvalue weighted by Crippen LogP contribution is -2.39. The van der Waals surface area contributed by atoms with Gasteiger partial charge in [0.2, 0.25) is 0 Å². The number of carbonyl (C=O) groups is 2. The predicted molar refractivity (Wildman–Crippen MR) is 90.0 cm³/mol. The molecule has 0 spiro atoms. The van der Waals surface area contributed by atoms with Gasteiger partial charge in [-0.05, 0) is 37.3 Å². The number of rotatable bonds is 2. The molecule has 1 saturated heterocycles. The zero-order valence-electron chi connectivity index (χ0n) is 12.8. The van der Waals surface area contributed by atoms with Gasteiger partial charge in [0.05, 0.1) is 11.4 Å². The van der Waals surface area contributed by atoms with Crippen molar-refractivity contribution in [2.45, 2.75) is 19.0 Å². The number of hydrogen-bond donors (Lipinski definition) is 0. The number of fused-ring (bicyclic) bond motifs is 1. The van der Waals surface area contributed by atoms with Gasteiger partial charge in [0.15, 0.2) is 12.1 Å². The van der Waals surface area contributed by atoms with E-state index in [1.807, 2.05) is 31.2 Å². The minimum Gasteiger partial charge on any atom is -0.271 e. The predicted octanol–water partition coefficient (Wildman–Crippen LogP) is 3.15. The van der Waals surface area contributed by atoms with Crippen molar-refractivity contribution in [2.24, 2.45) is 10.3 Å². The molecule has 24 heavy (non-hydrogen) atoms. The second kappa shape index (κ2) is 5.42. The summed E-state index contributed by atoms with van der Waals surface area (Å²) in [5.41, 5.74) is 2.28. The number of aryl methyl sites for hydroxylation is 1. The average Bonchev–Trinajstić information content (AvgIpc) is 3.09. The molecule has 2 amide bonds. The molecular weight excluding hydrogens is 328 g/mol. The van der Waals surface area contributed by atoms with Gasteiger partial charge in [-0.15, -0.1) is 0 Å². The van der Waals surface area contributed by atoms with Crippen molar-refractivity contribution in [1.82, 2.24) is 0 Å². The molecule has 2 aromatic carbocycles. The van der Waals surface area contributed by atoms with Crippen LogP contribution >= 0.6 is 11.6 Å². The van der Waals surface area contributed by atoms with E-state index in [9.17, 15) is 9.59 Å². The molecule has 2 heterocycles. The van der Waals surface area contributed by atoms with Crippen LogP contribution in [-0.2, 0) is 9.59 Å². The Hall–Kier alpha value is -2.73. The van der Waals surface area contributed by atoms with Gasteiger partial charge >= 0.3 is 0 Å². The van der Waals surface area contributed by atoms with E-state index in [0.717, 1.165) is 16.2 Å². The fourth-order valence-corrected chi connectivity index (χ4v) is 3.13. The topological polar surface area (TPSA) is 65.3 Å². The summed E-state index contributed by atoms with van der Waals surface area (Å²) < 4.78 is 0. The highest BCUT2D eigenvalue weighted by atomic mass is 35.5. The number of carbonyl (C=O) groups excluding carboxylic acids is 2. The van der Waals surface area contributed by atoms with Gasteiger partial charge < -0.3 is 0 Å². The molecule has 0 aliphatic carbocycles. The van der Waals surface area contributed by atoms with Crippen molar-refractivity contribution in [3.8, 4) is 0 Å². The molecule has 7 heteroatoms. The number of imide groups is 1. The van der Waals surface area contributed by atoms with Crippen LogP contribution in [0.25, 0.3) is 0 Å². The second-order valence-corrected chi connectivity index (χ2v) is 6.20. The van der Waals surface area contributed by atoms with Crippen LogP contribution in [0.3, 0.4) is 0 Å². The summed E-state index contributed by atoms with van der Waals surface area (Å²) in [5.74, 6) is -0.733. The Kier molecular flexibility index (Phi) is 3.35. The van der Waals surface area contributed by atoms with Crippen LogP contribution in [0.2, 0.25) is 5.02 Å². The minimum atomic E-state index is -0.821. The fraction of sp³-hybridized carbons (Fsp3) is 0.176. The van der Waals surface area contributed by atoms with Crippen LogP contribution in [0.4, 0.5) is 11.4 Å². The Bertz CT molecular complexity index is 865. The summed E-state index contributed by atoms with van der Waals surface area (Å²) in [6, 6.07) is 12.6. The van der Waals surface area contributed by atoms with Crippen molar-refractivity contribution in [3.63, 3.8) is 0 Å². The number of anilines is 2. The maximum atomic E-state index is 12.9. The molecule has 4 rings (SSSR count). The average molecular weight is 341 g/mol. The third-order valence-electron chi connectivity index (χ3n) is 4.15. The van der Waals surface area contributed by atoms with E-state index in [1.54, 1.807) is 24.3 Å². The van der Waals surface area contributed by atoms with Gasteiger partial charge in [0.25, 0.3) is 11.8 Å². The van der Waals surface area contributed by atoms with Crippen molar-refractivity contribution >= 4 is 34.8 Å². The summed E-state index contributed by atoms with van der Waals surface area (Å²) in [7, 11) is 0. The molecule has 2 atom stereocenters. The van der Waals surface area contributed by atoms with Crippen LogP contribution in [0.15, 0.2) is 58.9 Å². The van der Waals surface area contributed by atoms with Gasteiger partial charge in [-0.25, -0.2) is 9.91 Å². The third-order valence-corrected chi connectivity index (χ3v) is 4.38. The molecule has 0 bridgehead atoms. The molecule has 1 fully saturated rings. The van der Waals surface area contributed by atoms with E-state index in [2.05, 4.69) is 10.3 Å². The van der Waals surface area contributed by atoms with Crippen LogP contribution in [0.1, 0.15) is 5.56 Å². The van der Waals surface area contributed by atoms with E-state index in [-0.39, 0.29) is 11.8 Å². The summed E-state index contributed by atoms with van der Waals surface area (Å²) in [6.07, 6.45) is 0. The van der Waals surface area contributed by atoms with E-state index in [0.29, 0.717) is 10.7 Å². The van der Waals surface area contributed by atoms with Crippen molar-refractivity contribution in [2.75, 3.05) is 9.91 Å². The molecule has 0 radical (unpaired) electrons. The lowest BCUT2D eigenvalue weighted by Gasteiger charge is -2.20. The normalized spacial score (nSPS) is 22.4. The fourth-order valence-electron chi connectivity index (χ4n) is 2.94. The molecular formula is C17H13ClN4O2. The molecule has 0 unspecified atom stereocenters. The first kappa shape index (κ1) is 14.8. The number of hydrogen-bond acceptors (Lipinski definition) is 5. The van der Waals surface area contributed by atoms with Gasteiger partial charge in [-0.1, -0.05) is 40.6 Å². The molecule has 0 aromatic heterocycles. The molecule has 2 aliphatic rings. The van der Waals surface area contributed by atoms with Gasteiger partial charge in [-0.3, -0.25) is 9.59 Å². The van der Waals surface area contributed by atoms with Crippen LogP contribution in [-0.4, -0.2) is 23.9 Å². The van der Waals surface area contributed by atoms with Crippen LogP contribution < -0.4 is 9.91 Å². The summed E-state index contributed by atoms with van der Waals surface area (Å²) in [5, 5.41) is 10.0. The smallest absolute Gasteiger partial charge is 0.263 e. The number of halogens is 1. The second-order valence-electron chi connectivity index (χ2n) is 5.77. The highest BCUT2D eigenvalue weighted by Crippen LogP contribution is 2.35. The first-order valence-electron chi connectivity index (χ1n) is 7.46. The maximum Gasteiger partial charge on any atom is 0.263 e. The Morgan fingerprint density at radius 2 is 1.75 bits per heavy atom. The Labute approximate surface area is 143 Å². The summed E-state index contributed by atoms with van der Waals surface area (Å²) >= 11 is 5.98. The van der Waals surface area contributed by atoms with Gasteiger partial charge in [0.1, 0.15) is 0 Å². The lowest BCUT2D eigenvalue weighted by atomic mass is 10.1.